The zero-order valence-corrected chi connectivity index (χ0v) is 14.7. The molecule has 2 rings (SSSR count). The number of hydrogen-bond donors (Lipinski definition) is 4. The summed E-state index contributed by atoms with van der Waals surface area (Å²) in [7, 11) is 3.04. The van der Waals surface area contributed by atoms with Crippen molar-refractivity contribution in [3.05, 3.63) is 48.0 Å². The molecule has 0 aromatic heterocycles. The third kappa shape index (κ3) is 4.96. The van der Waals surface area contributed by atoms with Crippen molar-refractivity contribution in [3.8, 4) is 17.6 Å². The lowest BCUT2D eigenvalue weighted by atomic mass is 10.2. The summed E-state index contributed by atoms with van der Waals surface area (Å²) in [5, 5.41) is 22.5. The van der Waals surface area contributed by atoms with Gasteiger partial charge in [0.05, 0.1) is 19.9 Å². The van der Waals surface area contributed by atoms with Gasteiger partial charge < -0.3 is 20.5 Å². The molecule has 0 atom stereocenters. The predicted octanol–water partition coefficient (Wildman–Crippen LogP) is 2.18. The number of nitrogens with two attached hydrogens (primary N) is 1. The van der Waals surface area contributed by atoms with E-state index in [1.54, 1.807) is 48.5 Å². The molecule has 27 heavy (non-hydrogen) atoms. The molecule has 0 fully saturated rings. The summed E-state index contributed by atoms with van der Waals surface area (Å²) in [5.41, 5.74) is 8.94. The maximum absolute atomic E-state index is 12.5. The molecule has 2 aromatic carbocycles. The molecule has 0 aliphatic heterocycles. The van der Waals surface area contributed by atoms with Gasteiger partial charge >= 0.3 is 0 Å². The van der Waals surface area contributed by atoms with Crippen LogP contribution < -0.4 is 25.9 Å². The van der Waals surface area contributed by atoms with E-state index in [0.29, 0.717) is 28.4 Å². The van der Waals surface area contributed by atoms with Crippen molar-refractivity contribution in [2.75, 3.05) is 25.0 Å². The number of benzene rings is 2. The Morgan fingerprint density at radius 3 is 2.52 bits per heavy atom. The standard InChI is InChI=1S/C18H18N6O3/c1-26-15-7-6-12(9-16(15)27-2)22-18(25)11-4-3-5-13(8-11)23-24-14(10-19)17(20)21/h3-9,23H,1-2H3,(H3,20,21)(H,22,25)/b24-14+. The lowest BCUT2D eigenvalue weighted by Gasteiger charge is -2.11. The van der Waals surface area contributed by atoms with Crippen LogP contribution in [-0.2, 0) is 0 Å². The minimum absolute atomic E-state index is 0.254. The van der Waals surface area contributed by atoms with Gasteiger partial charge in [-0.05, 0) is 30.3 Å². The lowest BCUT2D eigenvalue weighted by molar-refractivity contribution is 0.102. The molecule has 0 aliphatic carbocycles. The van der Waals surface area contributed by atoms with Crippen LogP contribution in [0.4, 0.5) is 11.4 Å². The molecule has 5 N–H and O–H groups in total. The van der Waals surface area contributed by atoms with Gasteiger partial charge in [-0.2, -0.15) is 10.4 Å². The highest BCUT2D eigenvalue weighted by Gasteiger charge is 2.10. The number of nitriles is 1. The van der Waals surface area contributed by atoms with Crippen LogP contribution in [0.5, 0.6) is 11.5 Å². The Balaban J connectivity index is 2.16. The summed E-state index contributed by atoms with van der Waals surface area (Å²) in [6.07, 6.45) is 0. The Labute approximate surface area is 155 Å². The van der Waals surface area contributed by atoms with Crippen LogP contribution in [0.15, 0.2) is 47.6 Å². The third-order valence-corrected chi connectivity index (χ3v) is 3.42. The van der Waals surface area contributed by atoms with Crippen LogP contribution in [0.25, 0.3) is 0 Å². The van der Waals surface area contributed by atoms with E-state index in [0.717, 1.165) is 0 Å². The molecule has 0 spiro atoms. The predicted molar refractivity (Wildman–Crippen MR) is 103 cm³/mol. The van der Waals surface area contributed by atoms with Crippen molar-refractivity contribution in [1.82, 2.24) is 0 Å². The van der Waals surface area contributed by atoms with Gasteiger partial charge in [-0.15, -0.1) is 0 Å². The average Bonchev–Trinajstić information content (AvgIpc) is 2.68. The highest BCUT2D eigenvalue weighted by Crippen LogP contribution is 2.30. The smallest absolute Gasteiger partial charge is 0.255 e. The lowest BCUT2D eigenvalue weighted by Crippen LogP contribution is -2.21. The summed E-state index contributed by atoms with van der Waals surface area (Å²) >= 11 is 0. The van der Waals surface area contributed by atoms with E-state index in [2.05, 4.69) is 15.8 Å². The minimum Gasteiger partial charge on any atom is -0.493 e. The number of ether oxygens (including phenoxy) is 2. The van der Waals surface area contributed by atoms with E-state index in [4.69, 9.17) is 25.9 Å². The van der Waals surface area contributed by atoms with Crippen molar-refractivity contribution in [1.29, 1.82) is 10.7 Å². The molecule has 0 unspecified atom stereocenters. The van der Waals surface area contributed by atoms with Gasteiger partial charge in [0.25, 0.3) is 5.91 Å². The third-order valence-electron chi connectivity index (χ3n) is 3.42. The molecule has 138 valence electrons. The molecule has 0 aliphatic rings. The number of anilines is 2. The Bertz CT molecular complexity index is 933. The summed E-state index contributed by atoms with van der Waals surface area (Å²) in [4.78, 5) is 12.5. The Morgan fingerprint density at radius 1 is 1.15 bits per heavy atom. The molecule has 0 heterocycles. The SMILES string of the molecule is COc1ccc(NC(=O)c2cccc(N/N=C(\C#N)C(=N)N)c2)cc1OC. The van der Waals surface area contributed by atoms with Gasteiger partial charge in [0.1, 0.15) is 6.07 Å². The van der Waals surface area contributed by atoms with Gasteiger partial charge in [-0.3, -0.25) is 15.6 Å². The van der Waals surface area contributed by atoms with E-state index in [1.165, 1.54) is 14.2 Å². The van der Waals surface area contributed by atoms with Crippen molar-refractivity contribution in [2.24, 2.45) is 10.8 Å². The number of hydrazone groups is 1. The monoisotopic (exact) mass is 366 g/mol. The maximum Gasteiger partial charge on any atom is 0.255 e. The van der Waals surface area contributed by atoms with Crippen LogP contribution in [0.3, 0.4) is 0 Å². The first-order valence-corrected chi connectivity index (χ1v) is 7.70. The number of nitrogens with zero attached hydrogens (tertiary/aromatic N) is 2. The normalized spacial score (nSPS) is 10.5. The van der Waals surface area contributed by atoms with E-state index < -0.39 is 5.84 Å². The first-order valence-electron chi connectivity index (χ1n) is 7.70. The van der Waals surface area contributed by atoms with Crippen molar-refractivity contribution >= 4 is 28.8 Å². The molecule has 9 heteroatoms. The summed E-state index contributed by atoms with van der Waals surface area (Å²) < 4.78 is 10.4. The fourth-order valence-corrected chi connectivity index (χ4v) is 2.11. The van der Waals surface area contributed by atoms with E-state index in [9.17, 15) is 4.79 Å². The molecule has 0 bridgehead atoms. The molecule has 1 amide bonds. The summed E-state index contributed by atoms with van der Waals surface area (Å²) in [6, 6.07) is 13.2. The zero-order chi connectivity index (χ0) is 19.8. The summed E-state index contributed by atoms with van der Waals surface area (Å²) in [5.74, 6) is 0.251. The molecular weight excluding hydrogens is 348 g/mol. The number of amides is 1. The second-order valence-electron chi connectivity index (χ2n) is 5.20. The molecule has 0 radical (unpaired) electrons. The number of methoxy groups -OCH3 is 2. The number of nitrogens with one attached hydrogen (secondary N) is 3. The van der Waals surface area contributed by atoms with Gasteiger partial charge in [0.2, 0.25) is 5.71 Å². The van der Waals surface area contributed by atoms with Gasteiger partial charge in [-0.25, -0.2) is 0 Å². The van der Waals surface area contributed by atoms with E-state index in [-0.39, 0.29) is 11.6 Å². The van der Waals surface area contributed by atoms with Crippen LogP contribution in [0.2, 0.25) is 0 Å². The largest absolute Gasteiger partial charge is 0.493 e. The molecule has 2 aromatic rings. The number of rotatable bonds is 7. The van der Waals surface area contributed by atoms with Crippen LogP contribution in [0, 0.1) is 16.7 Å². The van der Waals surface area contributed by atoms with Gasteiger partial charge in [-0.1, -0.05) is 6.07 Å². The van der Waals surface area contributed by atoms with Crippen molar-refractivity contribution in [2.45, 2.75) is 0 Å². The van der Waals surface area contributed by atoms with E-state index >= 15 is 0 Å². The molecular formula is C18H18N6O3. The van der Waals surface area contributed by atoms with Crippen LogP contribution >= 0.6 is 0 Å². The fraction of sp³-hybridized carbons (Fsp3) is 0.111. The first-order chi connectivity index (χ1) is 13.0. The second-order valence-corrected chi connectivity index (χ2v) is 5.20. The zero-order valence-electron chi connectivity index (χ0n) is 14.7. The van der Waals surface area contributed by atoms with Crippen LogP contribution in [0.1, 0.15) is 10.4 Å². The Kier molecular flexibility index (Phi) is 6.33. The molecule has 0 saturated heterocycles. The van der Waals surface area contributed by atoms with Gasteiger partial charge in [0, 0.05) is 17.3 Å². The highest BCUT2D eigenvalue weighted by atomic mass is 16.5. The minimum atomic E-state index is -0.452. The number of amidine groups is 1. The molecule has 0 saturated carbocycles. The van der Waals surface area contributed by atoms with Crippen LogP contribution in [-0.4, -0.2) is 31.7 Å². The van der Waals surface area contributed by atoms with Crippen molar-refractivity contribution in [3.63, 3.8) is 0 Å². The fourth-order valence-electron chi connectivity index (χ4n) is 2.11. The van der Waals surface area contributed by atoms with Gasteiger partial charge in [0.15, 0.2) is 17.3 Å². The Morgan fingerprint density at radius 2 is 1.89 bits per heavy atom. The number of hydrogen-bond acceptors (Lipinski definition) is 7. The van der Waals surface area contributed by atoms with Crippen molar-refractivity contribution < 1.29 is 14.3 Å². The summed E-state index contributed by atoms with van der Waals surface area (Å²) in [6.45, 7) is 0. The highest BCUT2D eigenvalue weighted by molar-refractivity contribution is 6.45. The quantitative estimate of drug-likeness (QED) is 0.336. The second kappa shape index (κ2) is 8.87. The topological polar surface area (TPSA) is 146 Å². The number of carbonyl (C=O) groups is 1. The maximum atomic E-state index is 12.5. The Hall–Kier alpha value is -4.06. The number of carbonyl (C=O) groups excluding carboxylic acids is 1. The van der Waals surface area contributed by atoms with E-state index in [1.807, 2.05) is 0 Å². The molecule has 9 nitrogen and oxygen atoms in total. The first kappa shape index (κ1) is 19.3. The average molecular weight is 366 g/mol.